The van der Waals surface area contributed by atoms with Gasteiger partial charge < -0.3 is 14.7 Å². The minimum Gasteiger partial charge on any atom is -0.539 e. The summed E-state index contributed by atoms with van der Waals surface area (Å²) in [7, 11) is 0. The van der Waals surface area contributed by atoms with Crippen LogP contribution in [0.4, 0.5) is 0 Å². The van der Waals surface area contributed by atoms with Crippen molar-refractivity contribution < 1.29 is 24.2 Å². The van der Waals surface area contributed by atoms with Crippen LogP contribution in [-0.2, 0) is 4.79 Å². The maximum Gasteiger partial charge on any atom is 0.318 e. The number of carboxylic acid groups (broad SMARTS) is 1. The molecular weight excluding hydrogens is 282 g/mol. The molecule has 0 bridgehead atoms. The molecule has 20 heavy (non-hydrogen) atoms. The third-order valence-corrected chi connectivity index (χ3v) is 4.32. The van der Waals surface area contributed by atoms with Crippen LogP contribution in [0.1, 0.15) is 11.1 Å². The molecule has 1 aromatic carbocycles. The number of nitrogens with one attached hydrogen (secondary N) is 1. The molecule has 0 spiro atoms. The molecule has 3 rings (SSSR count). The Balaban J connectivity index is 1.95. The third-order valence-electron chi connectivity index (χ3n) is 2.96. The van der Waals surface area contributed by atoms with Crippen LogP contribution in [0.3, 0.4) is 0 Å². The molecule has 0 aliphatic carbocycles. The molecule has 1 saturated heterocycles. The summed E-state index contributed by atoms with van der Waals surface area (Å²) >= 11 is 1.17. The summed E-state index contributed by atoms with van der Waals surface area (Å²) < 4.78 is 6.11. The Hall–Kier alpha value is -2.06. The van der Waals surface area contributed by atoms with Crippen molar-refractivity contribution >= 4 is 17.7 Å². The van der Waals surface area contributed by atoms with Crippen molar-refractivity contribution in [3.8, 4) is 11.6 Å². The van der Waals surface area contributed by atoms with Gasteiger partial charge in [-0.25, -0.2) is 0 Å². The summed E-state index contributed by atoms with van der Waals surface area (Å²) in [6.45, 7) is 0.296. The van der Waals surface area contributed by atoms with Gasteiger partial charge in [-0.3, -0.25) is 10.1 Å². The van der Waals surface area contributed by atoms with Crippen LogP contribution in [0, 0.1) is 0 Å². The average molecular weight is 293 g/mol. The fourth-order valence-corrected chi connectivity index (χ4v) is 3.16. The largest absolute Gasteiger partial charge is 0.539 e. The number of thioether (sulfide) groups is 1. The lowest BCUT2D eigenvalue weighted by Crippen LogP contribution is -2.39. The smallest absolute Gasteiger partial charge is 0.318 e. The van der Waals surface area contributed by atoms with Crippen LogP contribution in [-0.4, -0.2) is 28.1 Å². The summed E-state index contributed by atoms with van der Waals surface area (Å²) in [6, 6.07) is 9.07. The van der Waals surface area contributed by atoms with Gasteiger partial charge in [0.15, 0.2) is 5.95 Å². The maximum atomic E-state index is 11.8. The topological polar surface area (TPSA) is 102 Å². The second kappa shape index (κ2) is 5.14. The van der Waals surface area contributed by atoms with E-state index in [9.17, 15) is 9.90 Å². The second-order valence-corrected chi connectivity index (χ2v) is 5.56. The SMILES string of the molecule is O=C(O)C1CNC(c2c([O-])on[n+]2-c2ccccc2)S1. The van der Waals surface area contributed by atoms with Crippen LogP contribution >= 0.6 is 11.8 Å². The molecule has 0 radical (unpaired) electrons. The van der Waals surface area contributed by atoms with E-state index in [1.54, 1.807) is 12.1 Å². The molecule has 1 aliphatic rings. The first kappa shape index (κ1) is 12.9. The lowest BCUT2D eigenvalue weighted by Gasteiger charge is -2.05. The van der Waals surface area contributed by atoms with Gasteiger partial charge in [-0.1, -0.05) is 18.2 Å². The van der Waals surface area contributed by atoms with Crippen molar-refractivity contribution in [2.45, 2.75) is 10.6 Å². The van der Waals surface area contributed by atoms with Crippen molar-refractivity contribution in [3.63, 3.8) is 0 Å². The molecule has 1 aromatic heterocycles. The van der Waals surface area contributed by atoms with E-state index in [-0.39, 0.29) is 0 Å². The van der Waals surface area contributed by atoms with Crippen LogP contribution < -0.4 is 15.1 Å². The molecule has 1 fully saturated rings. The zero-order valence-corrected chi connectivity index (χ0v) is 11.0. The number of hydrogen-bond acceptors (Lipinski definition) is 6. The molecule has 8 heteroatoms. The quantitative estimate of drug-likeness (QED) is 0.756. The van der Waals surface area contributed by atoms with E-state index in [0.29, 0.717) is 17.9 Å². The summed E-state index contributed by atoms with van der Waals surface area (Å²) in [4.78, 5) is 11.0. The van der Waals surface area contributed by atoms with Crippen molar-refractivity contribution in [1.82, 2.24) is 10.6 Å². The van der Waals surface area contributed by atoms with Crippen molar-refractivity contribution in [2.24, 2.45) is 0 Å². The highest BCUT2D eigenvalue weighted by Gasteiger charge is 2.38. The third kappa shape index (κ3) is 2.23. The molecule has 2 atom stereocenters. The highest BCUT2D eigenvalue weighted by Crippen LogP contribution is 2.36. The first-order chi connectivity index (χ1) is 9.66. The zero-order valence-electron chi connectivity index (χ0n) is 10.2. The Morgan fingerprint density at radius 2 is 2.25 bits per heavy atom. The molecular formula is C12H11N3O4S. The standard InChI is InChI=1S/C12H11N3O4S/c16-11(17)8-6-13-10(20-8)9-12(18)19-14-15(9)7-4-2-1-3-5-7/h1-5,8,10,13H,6H2,(H-,14,16,17,18). The van der Waals surface area contributed by atoms with E-state index >= 15 is 0 Å². The number of carboxylic acids is 1. The number of benzene rings is 1. The number of carbonyl (C=O) groups is 1. The Morgan fingerprint density at radius 3 is 2.90 bits per heavy atom. The van der Waals surface area contributed by atoms with E-state index in [2.05, 4.69) is 10.6 Å². The Morgan fingerprint density at radius 1 is 1.50 bits per heavy atom. The minimum absolute atomic E-state index is 0.296. The van der Waals surface area contributed by atoms with Gasteiger partial charge in [0.2, 0.25) is 5.69 Å². The van der Waals surface area contributed by atoms with Gasteiger partial charge in [-0.15, -0.1) is 11.8 Å². The molecule has 1 aliphatic heterocycles. The van der Waals surface area contributed by atoms with E-state index in [1.165, 1.54) is 16.4 Å². The summed E-state index contributed by atoms with van der Waals surface area (Å²) in [5, 5.41) is 26.5. The van der Waals surface area contributed by atoms with Gasteiger partial charge in [-0.2, -0.15) is 0 Å². The number of para-hydroxylation sites is 1. The number of aromatic nitrogens is 2. The number of hydrogen-bond donors (Lipinski definition) is 2. The normalized spacial score (nSPS) is 22.0. The summed E-state index contributed by atoms with van der Waals surface area (Å²) in [5.74, 6) is -1.47. The number of aliphatic carboxylic acids is 1. The van der Waals surface area contributed by atoms with E-state index in [0.717, 1.165) is 0 Å². The monoisotopic (exact) mass is 293 g/mol. The molecule has 0 saturated carbocycles. The molecule has 2 N–H and O–H groups in total. The Labute approximate surface area is 118 Å². The Bertz CT molecular complexity index is 631. The second-order valence-electron chi connectivity index (χ2n) is 4.24. The lowest BCUT2D eigenvalue weighted by molar-refractivity contribution is -0.677. The van der Waals surface area contributed by atoms with Crippen LogP contribution in [0.2, 0.25) is 0 Å². The van der Waals surface area contributed by atoms with Gasteiger partial charge in [-0.05, 0) is 4.68 Å². The van der Waals surface area contributed by atoms with E-state index in [1.807, 2.05) is 18.2 Å². The lowest BCUT2D eigenvalue weighted by atomic mass is 10.3. The predicted octanol–water partition coefficient (Wildman–Crippen LogP) is -0.187. The van der Waals surface area contributed by atoms with Crippen LogP contribution in [0.5, 0.6) is 5.95 Å². The molecule has 104 valence electrons. The van der Waals surface area contributed by atoms with Crippen molar-refractivity contribution in [3.05, 3.63) is 36.0 Å². The molecule has 7 nitrogen and oxygen atoms in total. The van der Waals surface area contributed by atoms with Crippen LogP contribution in [0.25, 0.3) is 5.69 Å². The number of nitrogens with zero attached hydrogens (tertiary/aromatic N) is 2. The maximum absolute atomic E-state index is 11.8. The van der Waals surface area contributed by atoms with Crippen molar-refractivity contribution in [1.29, 1.82) is 0 Å². The number of rotatable bonds is 3. The summed E-state index contributed by atoms with van der Waals surface area (Å²) in [6.07, 6.45) is 0. The van der Waals surface area contributed by atoms with Gasteiger partial charge in [0.05, 0.1) is 5.27 Å². The molecule has 2 unspecified atom stereocenters. The fourth-order valence-electron chi connectivity index (χ4n) is 2.01. The van der Waals surface area contributed by atoms with E-state index in [4.69, 9.17) is 9.63 Å². The highest BCUT2D eigenvalue weighted by molar-refractivity contribution is 8.01. The fraction of sp³-hybridized carbons (Fsp3) is 0.250. The zero-order chi connectivity index (χ0) is 14.1. The molecule has 2 heterocycles. The minimum atomic E-state index is -0.903. The molecule has 2 aromatic rings. The van der Waals surface area contributed by atoms with E-state index < -0.39 is 22.5 Å². The van der Waals surface area contributed by atoms with Crippen molar-refractivity contribution in [2.75, 3.05) is 6.54 Å². The predicted molar refractivity (Wildman–Crippen MR) is 67.2 cm³/mol. The first-order valence-electron chi connectivity index (χ1n) is 5.93. The highest BCUT2D eigenvalue weighted by atomic mass is 32.2. The van der Waals surface area contributed by atoms with Gasteiger partial charge in [0, 0.05) is 18.7 Å². The first-order valence-corrected chi connectivity index (χ1v) is 6.87. The average Bonchev–Trinajstić information content (AvgIpc) is 3.06. The van der Waals surface area contributed by atoms with Gasteiger partial charge in [0.1, 0.15) is 10.6 Å². The van der Waals surface area contributed by atoms with Gasteiger partial charge >= 0.3 is 5.97 Å². The van der Waals surface area contributed by atoms with Gasteiger partial charge in [0.25, 0.3) is 5.69 Å². The molecule has 0 amide bonds. The van der Waals surface area contributed by atoms with Crippen LogP contribution in [0.15, 0.2) is 34.9 Å². The summed E-state index contributed by atoms with van der Waals surface area (Å²) in [5.41, 5.74) is 0.986. The Kier molecular flexibility index (Phi) is 3.33.